The van der Waals surface area contributed by atoms with E-state index in [1.807, 2.05) is 0 Å². The first-order chi connectivity index (χ1) is 7.82. The lowest BCUT2D eigenvalue weighted by Crippen LogP contribution is -2.27. The van der Waals surface area contributed by atoms with Gasteiger partial charge in [0.1, 0.15) is 6.10 Å². The standard InChI is InChI=1S/C10H10F5NO/c11-9(12)8(17)5-16-7-4-2-1-3-6(7)10(13,14)15/h1-4,8-9,16-17H,5H2. The lowest BCUT2D eigenvalue weighted by atomic mass is 10.1. The van der Waals surface area contributed by atoms with Gasteiger partial charge in [0.05, 0.1) is 5.56 Å². The third-order valence-corrected chi connectivity index (χ3v) is 2.02. The van der Waals surface area contributed by atoms with Gasteiger partial charge in [-0.1, -0.05) is 12.1 Å². The molecule has 2 N–H and O–H groups in total. The SMILES string of the molecule is OC(CNc1ccccc1C(F)(F)F)C(F)F. The van der Waals surface area contributed by atoms with Crippen molar-refractivity contribution in [3.63, 3.8) is 0 Å². The van der Waals surface area contributed by atoms with Crippen molar-refractivity contribution in [2.24, 2.45) is 0 Å². The summed E-state index contributed by atoms with van der Waals surface area (Å²) in [4.78, 5) is 0. The van der Waals surface area contributed by atoms with Crippen molar-refractivity contribution in [2.45, 2.75) is 18.7 Å². The van der Waals surface area contributed by atoms with E-state index in [1.165, 1.54) is 12.1 Å². The van der Waals surface area contributed by atoms with E-state index in [2.05, 4.69) is 5.32 Å². The zero-order valence-electron chi connectivity index (χ0n) is 8.51. The maximum atomic E-state index is 12.5. The Kier molecular flexibility index (Phi) is 4.28. The summed E-state index contributed by atoms with van der Waals surface area (Å²) in [6.07, 6.45) is -9.57. The van der Waals surface area contributed by atoms with Crippen LogP contribution in [0.4, 0.5) is 27.6 Å². The number of aliphatic hydroxyl groups excluding tert-OH is 1. The molecule has 0 aromatic heterocycles. The molecule has 0 amide bonds. The van der Waals surface area contributed by atoms with Gasteiger partial charge in [-0.25, -0.2) is 8.78 Å². The van der Waals surface area contributed by atoms with Crippen LogP contribution in [0.25, 0.3) is 0 Å². The quantitative estimate of drug-likeness (QED) is 0.811. The molecule has 0 saturated heterocycles. The van der Waals surface area contributed by atoms with Crippen LogP contribution in [-0.4, -0.2) is 24.2 Å². The van der Waals surface area contributed by atoms with Crippen molar-refractivity contribution in [1.82, 2.24) is 0 Å². The Balaban J connectivity index is 2.78. The monoisotopic (exact) mass is 255 g/mol. The third kappa shape index (κ3) is 3.85. The molecule has 1 atom stereocenters. The zero-order valence-corrected chi connectivity index (χ0v) is 8.51. The van der Waals surface area contributed by atoms with Crippen LogP contribution in [0.1, 0.15) is 5.56 Å². The first kappa shape index (κ1) is 13.7. The molecule has 17 heavy (non-hydrogen) atoms. The molecule has 2 nitrogen and oxygen atoms in total. The number of anilines is 1. The highest BCUT2D eigenvalue weighted by Crippen LogP contribution is 2.34. The molecule has 0 bridgehead atoms. The molecule has 0 aliphatic carbocycles. The molecule has 0 aliphatic rings. The van der Waals surface area contributed by atoms with Gasteiger partial charge >= 0.3 is 6.18 Å². The van der Waals surface area contributed by atoms with Gasteiger partial charge in [-0.15, -0.1) is 0 Å². The van der Waals surface area contributed by atoms with E-state index in [-0.39, 0.29) is 5.69 Å². The predicted octanol–water partition coefficient (Wildman–Crippen LogP) is 2.74. The minimum atomic E-state index is -4.57. The normalized spacial score (nSPS) is 13.8. The summed E-state index contributed by atoms with van der Waals surface area (Å²) in [6, 6.07) is 4.47. The Bertz CT molecular complexity index is 366. The molecule has 7 heteroatoms. The lowest BCUT2D eigenvalue weighted by Gasteiger charge is -2.16. The van der Waals surface area contributed by atoms with Crippen molar-refractivity contribution in [2.75, 3.05) is 11.9 Å². The number of rotatable bonds is 4. The fraction of sp³-hybridized carbons (Fsp3) is 0.400. The van der Waals surface area contributed by atoms with Gasteiger partial charge in [0.2, 0.25) is 0 Å². The van der Waals surface area contributed by atoms with Crippen molar-refractivity contribution < 1.29 is 27.1 Å². The fourth-order valence-electron chi connectivity index (χ4n) is 1.19. The Morgan fingerprint density at radius 2 is 1.76 bits per heavy atom. The fourth-order valence-corrected chi connectivity index (χ4v) is 1.19. The van der Waals surface area contributed by atoms with E-state index in [4.69, 9.17) is 5.11 Å². The van der Waals surface area contributed by atoms with Crippen molar-refractivity contribution in [3.05, 3.63) is 29.8 Å². The van der Waals surface area contributed by atoms with Crippen molar-refractivity contribution in [1.29, 1.82) is 0 Å². The first-order valence-corrected chi connectivity index (χ1v) is 4.68. The molecule has 0 saturated carbocycles. The molecule has 1 aromatic carbocycles. The van der Waals surface area contributed by atoms with Gasteiger partial charge < -0.3 is 10.4 Å². The summed E-state index contributed by atoms with van der Waals surface area (Å²) in [6.45, 7) is -0.648. The third-order valence-electron chi connectivity index (χ3n) is 2.02. The van der Waals surface area contributed by atoms with E-state index < -0.39 is 30.8 Å². The molecule has 0 radical (unpaired) electrons. The average molecular weight is 255 g/mol. The Morgan fingerprint density at radius 1 is 1.18 bits per heavy atom. The lowest BCUT2D eigenvalue weighted by molar-refractivity contribution is -0.137. The molecule has 1 aromatic rings. The average Bonchev–Trinajstić information content (AvgIpc) is 2.24. The van der Waals surface area contributed by atoms with Crippen LogP contribution in [0.2, 0.25) is 0 Å². The highest BCUT2D eigenvalue weighted by molar-refractivity contribution is 5.52. The Hall–Kier alpha value is -1.37. The Morgan fingerprint density at radius 3 is 2.29 bits per heavy atom. The minimum absolute atomic E-state index is 0.334. The summed E-state index contributed by atoms with van der Waals surface area (Å²) >= 11 is 0. The van der Waals surface area contributed by atoms with Crippen LogP contribution < -0.4 is 5.32 Å². The molecule has 96 valence electrons. The predicted molar refractivity (Wildman–Crippen MR) is 51.9 cm³/mol. The van der Waals surface area contributed by atoms with Crippen molar-refractivity contribution in [3.8, 4) is 0 Å². The van der Waals surface area contributed by atoms with E-state index in [0.29, 0.717) is 0 Å². The second-order valence-corrected chi connectivity index (χ2v) is 3.33. The molecule has 0 aliphatic heterocycles. The molecule has 0 heterocycles. The van der Waals surface area contributed by atoms with Gasteiger partial charge in [0.25, 0.3) is 6.43 Å². The van der Waals surface area contributed by atoms with E-state index in [0.717, 1.165) is 12.1 Å². The number of hydrogen-bond acceptors (Lipinski definition) is 2. The molecule has 1 unspecified atom stereocenters. The molecule has 0 fully saturated rings. The number of para-hydroxylation sites is 1. The summed E-state index contributed by atoms with van der Waals surface area (Å²) in [5.74, 6) is 0. The molecular weight excluding hydrogens is 245 g/mol. The first-order valence-electron chi connectivity index (χ1n) is 4.68. The minimum Gasteiger partial charge on any atom is -0.385 e. The van der Waals surface area contributed by atoms with Crippen LogP contribution in [0, 0.1) is 0 Å². The largest absolute Gasteiger partial charge is 0.418 e. The highest BCUT2D eigenvalue weighted by atomic mass is 19.4. The number of alkyl halides is 5. The van der Waals surface area contributed by atoms with E-state index >= 15 is 0 Å². The van der Waals surface area contributed by atoms with Gasteiger partial charge in [-0.3, -0.25) is 0 Å². The van der Waals surface area contributed by atoms with Crippen LogP contribution in [0.3, 0.4) is 0 Å². The van der Waals surface area contributed by atoms with E-state index in [1.54, 1.807) is 0 Å². The van der Waals surface area contributed by atoms with Gasteiger partial charge in [-0.2, -0.15) is 13.2 Å². The van der Waals surface area contributed by atoms with Gasteiger partial charge in [0, 0.05) is 12.2 Å². The Labute approximate surface area is 94.1 Å². The van der Waals surface area contributed by atoms with Crippen LogP contribution in [0.15, 0.2) is 24.3 Å². The van der Waals surface area contributed by atoms with E-state index in [9.17, 15) is 22.0 Å². The number of benzene rings is 1. The second kappa shape index (κ2) is 5.31. The van der Waals surface area contributed by atoms with Crippen LogP contribution in [0.5, 0.6) is 0 Å². The molecular formula is C10H10F5NO. The number of nitrogens with one attached hydrogen (secondary N) is 1. The van der Waals surface area contributed by atoms with Gasteiger partial charge in [0.15, 0.2) is 0 Å². The maximum Gasteiger partial charge on any atom is 0.418 e. The second-order valence-electron chi connectivity index (χ2n) is 3.33. The summed E-state index contributed by atoms with van der Waals surface area (Å²) in [5, 5.41) is 10.9. The smallest absolute Gasteiger partial charge is 0.385 e. The maximum absolute atomic E-state index is 12.5. The van der Waals surface area contributed by atoms with Crippen molar-refractivity contribution >= 4 is 5.69 Å². The van der Waals surface area contributed by atoms with Crippen LogP contribution in [-0.2, 0) is 6.18 Å². The summed E-state index contributed by atoms with van der Waals surface area (Å²) in [5.41, 5.74) is -1.29. The van der Waals surface area contributed by atoms with Gasteiger partial charge in [-0.05, 0) is 12.1 Å². The number of aliphatic hydroxyl groups is 1. The summed E-state index contributed by atoms with van der Waals surface area (Å²) in [7, 11) is 0. The number of halogens is 5. The molecule has 0 spiro atoms. The van der Waals surface area contributed by atoms with Crippen LogP contribution >= 0.6 is 0 Å². The number of hydrogen-bond donors (Lipinski definition) is 2. The summed E-state index contributed by atoms with van der Waals surface area (Å²) < 4.78 is 61.3. The molecule has 1 rings (SSSR count). The zero-order chi connectivity index (χ0) is 13.1. The topological polar surface area (TPSA) is 32.3 Å². The highest BCUT2D eigenvalue weighted by Gasteiger charge is 2.33.